The van der Waals surface area contributed by atoms with Gasteiger partial charge in [0.15, 0.2) is 0 Å². The highest BCUT2D eigenvalue weighted by Gasteiger charge is 2.35. The van der Waals surface area contributed by atoms with Gasteiger partial charge in [0.2, 0.25) is 0 Å². The Balaban J connectivity index is 1.59. The number of fused-ring (bicyclic) bond motifs is 1. The van der Waals surface area contributed by atoms with Gasteiger partial charge in [0.1, 0.15) is 5.75 Å². The van der Waals surface area contributed by atoms with Gasteiger partial charge in [-0.3, -0.25) is 0 Å². The fraction of sp³-hybridized carbons (Fsp3) is 0.600. The van der Waals surface area contributed by atoms with E-state index in [4.69, 9.17) is 0 Å². The lowest BCUT2D eigenvalue weighted by molar-refractivity contribution is -0.0498. The lowest BCUT2D eigenvalue weighted by Crippen LogP contribution is -2.30. The van der Waals surface area contributed by atoms with Gasteiger partial charge < -0.3 is 4.74 Å². The number of alkyl halides is 2. The molecule has 0 aliphatic heterocycles. The van der Waals surface area contributed by atoms with E-state index in [-0.39, 0.29) is 5.75 Å². The third-order valence-electron chi connectivity index (χ3n) is 5.69. The molecule has 3 heteroatoms. The van der Waals surface area contributed by atoms with Gasteiger partial charge in [-0.05, 0) is 86.8 Å². The van der Waals surface area contributed by atoms with E-state index < -0.39 is 6.61 Å². The van der Waals surface area contributed by atoms with E-state index >= 15 is 0 Å². The van der Waals surface area contributed by atoms with Crippen LogP contribution in [0.3, 0.4) is 0 Å². The second kappa shape index (κ2) is 7.46. The topological polar surface area (TPSA) is 9.23 Å². The zero-order chi connectivity index (χ0) is 16.2. The molecule has 2 aliphatic rings. The zero-order valence-electron chi connectivity index (χ0n) is 13.8. The van der Waals surface area contributed by atoms with E-state index in [1.807, 2.05) is 12.1 Å². The van der Waals surface area contributed by atoms with Crippen LogP contribution in [-0.2, 0) is 0 Å². The molecule has 0 heterocycles. The molecule has 1 aromatic carbocycles. The van der Waals surface area contributed by atoms with Crippen LogP contribution in [0.4, 0.5) is 8.78 Å². The predicted octanol–water partition coefficient (Wildman–Crippen LogP) is 6.16. The second-order valence-electron chi connectivity index (χ2n) is 7.08. The molecule has 1 nitrogen and oxygen atoms in total. The van der Waals surface area contributed by atoms with E-state index in [2.05, 4.69) is 23.8 Å². The molecular weight excluding hydrogens is 294 g/mol. The summed E-state index contributed by atoms with van der Waals surface area (Å²) in [5.74, 6) is 3.33. The predicted molar refractivity (Wildman–Crippen MR) is 88.8 cm³/mol. The molecule has 4 atom stereocenters. The van der Waals surface area contributed by atoms with Gasteiger partial charge in [0.05, 0.1) is 0 Å². The van der Waals surface area contributed by atoms with E-state index in [9.17, 15) is 8.78 Å². The highest BCUT2D eigenvalue weighted by Crippen LogP contribution is 2.47. The van der Waals surface area contributed by atoms with Gasteiger partial charge in [-0.1, -0.05) is 24.3 Å². The number of halogens is 2. The SMILES string of the molecule is CC=C[C@@H]1CC[C@@H]2CC(c3ccc(OC(F)F)cc3)CC[C@@H]2C1. The lowest BCUT2D eigenvalue weighted by atomic mass is 9.64. The van der Waals surface area contributed by atoms with E-state index in [1.165, 1.54) is 44.1 Å². The smallest absolute Gasteiger partial charge is 0.387 e. The van der Waals surface area contributed by atoms with Gasteiger partial charge in [-0.25, -0.2) is 0 Å². The van der Waals surface area contributed by atoms with Crippen LogP contribution in [0, 0.1) is 17.8 Å². The summed E-state index contributed by atoms with van der Waals surface area (Å²) in [4.78, 5) is 0. The monoisotopic (exact) mass is 320 g/mol. The number of allylic oxidation sites excluding steroid dienone is 2. The van der Waals surface area contributed by atoms with Crippen molar-refractivity contribution in [3.8, 4) is 5.75 Å². The van der Waals surface area contributed by atoms with Crippen molar-refractivity contribution < 1.29 is 13.5 Å². The quantitative estimate of drug-likeness (QED) is 0.603. The molecule has 23 heavy (non-hydrogen) atoms. The van der Waals surface area contributed by atoms with Gasteiger partial charge in [-0.2, -0.15) is 8.78 Å². The molecule has 0 N–H and O–H groups in total. The Morgan fingerprint density at radius 1 is 1.00 bits per heavy atom. The second-order valence-corrected chi connectivity index (χ2v) is 7.08. The van der Waals surface area contributed by atoms with Crippen molar-refractivity contribution in [1.29, 1.82) is 0 Å². The van der Waals surface area contributed by atoms with Crippen molar-refractivity contribution in [2.75, 3.05) is 0 Å². The van der Waals surface area contributed by atoms with Crippen LogP contribution in [0.15, 0.2) is 36.4 Å². The molecule has 1 aromatic rings. The first-order valence-electron chi connectivity index (χ1n) is 8.83. The summed E-state index contributed by atoms with van der Waals surface area (Å²) in [7, 11) is 0. The van der Waals surface area contributed by atoms with Crippen LogP contribution in [0.5, 0.6) is 5.75 Å². The van der Waals surface area contributed by atoms with Crippen LogP contribution >= 0.6 is 0 Å². The van der Waals surface area contributed by atoms with Gasteiger partial charge in [0, 0.05) is 0 Å². The Bertz CT molecular complexity index is 523. The van der Waals surface area contributed by atoms with E-state index in [0.29, 0.717) is 5.92 Å². The molecule has 3 rings (SSSR count). The molecule has 0 saturated heterocycles. The standard InChI is InChI=1S/C20H26F2O/c1-2-3-14-4-5-18-13-17(7-6-16(18)12-14)15-8-10-19(11-9-15)23-20(21)22/h2-3,8-11,14,16-18,20H,4-7,12-13H2,1H3/t14-,16-,17?,18-/m1/s1. The molecular formula is C20H26F2O. The Morgan fingerprint density at radius 2 is 1.70 bits per heavy atom. The number of ether oxygens (including phenoxy) is 1. The summed E-state index contributed by atoms with van der Waals surface area (Å²) in [6.45, 7) is -0.631. The first-order valence-corrected chi connectivity index (χ1v) is 8.83. The van der Waals surface area contributed by atoms with Crippen molar-refractivity contribution in [2.24, 2.45) is 17.8 Å². The number of rotatable bonds is 4. The number of hydrogen-bond acceptors (Lipinski definition) is 1. The molecule has 2 aliphatic carbocycles. The average molecular weight is 320 g/mol. The number of hydrogen-bond donors (Lipinski definition) is 0. The van der Waals surface area contributed by atoms with Crippen LogP contribution in [0.2, 0.25) is 0 Å². The Hall–Kier alpha value is -1.38. The van der Waals surface area contributed by atoms with Crippen LogP contribution < -0.4 is 4.74 Å². The van der Waals surface area contributed by atoms with Crippen LogP contribution in [-0.4, -0.2) is 6.61 Å². The summed E-state index contributed by atoms with van der Waals surface area (Å²) < 4.78 is 28.9. The minimum atomic E-state index is -2.75. The van der Waals surface area contributed by atoms with Gasteiger partial charge >= 0.3 is 6.61 Å². The molecule has 0 radical (unpaired) electrons. The molecule has 0 spiro atoms. The zero-order valence-corrected chi connectivity index (χ0v) is 13.8. The summed E-state index contributed by atoms with van der Waals surface area (Å²) in [6, 6.07) is 7.29. The highest BCUT2D eigenvalue weighted by atomic mass is 19.3. The summed E-state index contributed by atoms with van der Waals surface area (Å²) >= 11 is 0. The molecule has 1 unspecified atom stereocenters. The first-order chi connectivity index (χ1) is 11.2. The van der Waals surface area contributed by atoms with Gasteiger partial charge in [-0.15, -0.1) is 0 Å². The first kappa shape index (κ1) is 16.5. The average Bonchev–Trinajstić information content (AvgIpc) is 2.55. The van der Waals surface area contributed by atoms with E-state index in [0.717, 1.165) is 17.8 Å². The molecule has 126 valence electrons. The Kier molecular flexibility index (Phi) is 5.34. The molecule has 2 fully saturated rings. The van der Waals surface area contributed by atoms with E-state index in [1.54, 1.807) is 12.1 Å². The van der Waals surface area contributed by atoms with Crippen LogP contribution in [0.1, 0.15) is 56.9 Å². The summed E-state index contributed by atoms with van der Waals surface area (Å²) in [6.07, 6.45) is 12.4. The molecule has 0 bridgehead atoms. The maximum absolute atomic E-state index is 12.2. The Labute approximate surface area is 137 Å². The van der Waals surface area contributed by atoms with Crippen molar-refractivity contribution in [1.82, 2.24) is 0 Å². The fourth-order valence-corrected chi connectivity index (χ4v) is 4.60. The third kappa shape index (κ3) is 4.13. The molecule has 0 amide bonds. The van der Waals surface area contributed by atoms with Crippen molar-refractivity contribution >= 4 is 0 Å². The maximum atomic E-state index is 12.2. The minimum Gasteiger partial charge on any atom is -0.435 e. The highest BCUT2D eigenvalue weighted by molar-refractivity contribution is 5.30. The fourth-order valence-electron chi connectivity index (χ4n) is 4.60. The normalized spacial score (nSPS) is 31.3. The summed E-state index contributed by atoms with van der Waals surface area (Å²) in [5, 5.41) is 0. The van der Waals surface area contributed by atoms with Crippen molar-refractivity contribution in [3.63, 3.8) is 0 Å². The molecule has 0 aromatic heterocycles. The van der Waals surface area contributed by atoms with Gasteiger partial charge in [0.25, 0.3) is 0 Å². The van der Waals surface area contributed by atoms with Crippen LogP contribution in [0.25, 0.3) is 0 Å². The maximum Gasteiger partial charge on any atom is 0.387 e. The minimum absolute atomic E-state index is 0.254. The molecule has 2 saturated carbocycles. The van der Waals surface area contributed by atoms with Crippen molar-refractivity contribution in [2.45, 2.75) is 58.0 Å². The van der Waals surface area contributed by atoms with Crippen molar-refractivity contribution in [3.05, 3.63) is 42.0 Å². The lowest BCUT2D eigenvalue weighted by Gasteiger charge is -2.41. The Morgan fingerprint density at radius 3 is 2.39 bits per heavy atom. The third-order valence-corrected chi connectivity index (χ3v) is 5.69. The summed E-state index contributed by atoms with van der Waals surface area (Å²) in [5.41, 5.74) is 1.28. The largest absolute Gasteiger partial charge is 0.435 e. The number of benzene rings is 1.